The van der Waals surface area contributed by atoms with E-state index in [1.807, 2.05) is 82.3 Å². The van der Waals surface area contributed by atoms with Crippen LogP contribution in [0.1, 0.15) is 66.0 Å². The van der Waals surface area contributed by atoms with Gasteiger partial charge in [0.1, 0.15) is 5.75 Å². The summed E-state index contributed by atoms with van der Waals surface area (Å²) in [5.41, 5.74) is 4.13. The highest BCUT2D eigenvalue weighted by atomic mass is 16.5. The van der Waals surface area contributed by atoms with Crippen molar-refractivity contribution in [2.24, 2.45) is 10.9 Å². The first-order valence-corrected chi connectivity index (χ1v) is 15.9. The number of carbonyl (C=O) groups excluding carboxylic acids is 3. The molecule has 0 aliphatic heterocycles. The van der Waals surface area contributed by atoms with Gasteiger partial charge in [0.25, 0.3) is 11.8 Å². The van der Waals surface area contributed by atoms with Crippen molar-refractivity contribution in [2.75, 3.05) is 33.8 Å². The van der Waals surface area contributed by atoms with Gasteiger partial charge in [0, 0.05) is 49.4 Å². The lowest BCUT2D eigenvalue weighted by molar-refractivity contribution is -0.122. The van der Waals surface area contributed by atoms with Gasteiger partial charge in [0.15, 0.2) is 0 Å². The molecule has 0 saturated carbocycles. The number of hydrogen-bond donors (Lipinski definition) is 3. The first-order valence-electron chi connectivity index (χ1n) is 15.9. The van der Waals surface area contributed by atoms with Gasteiger partial charge < -0.3 is 25.6 Å². The molecule has 3 aromatic carbocycles. The largest absolute Gasteiger partial charge is 0.496 e. The van der Waals surface area contributed by atoms with Crippen LogP contribution in [0, 0.1) is 5.92 Å². The molecule has 46 heavy (non-hydrogen) atoms. The third-order valence-electron chi connectivity index (χ3n) is 7.69. The molecule has 0 fully saturated rings. The van der Waals surface area contributed by atoms with Gasteiger partial charge in [-0.05, 0) is 73.4 Å². The maximum atomic E-state index is 14.0. The number of benzene rings is 3. The smallest absolute Gasteiger partial charge is 0.253 e. The van der Waals surface area contributed by atoms with Crippen molar-refractivity contribution in [1.82, 2.24) is 20.9 Å². The van der Waals surface area contributed by atoms with Crippen molar-refractivity contribution in [3.63, 3.8) is 0 Å². The Balaban J connectivity index is 1.99. The van der Waals surface area contributed by atoms with Crippen LogP contribution in [-0.4, -0.2) is 75.2 Å². The molecule has 3 rings (SSSR count). The summed E-state index contributed by atoms with van der Waals surface area (Å²) in [6, 6.07) is 20.0. The number of nitrogens with one attached hydrogen (secondary N) is 3. The zero-order valence-corrected chi connectivity index (χ0v) is 28.1. The van der Waals surface area contributed by atoms with Crippen LogP contribution in [0.3, 0.4) is 0 Å². The highest BCUT2D eigenvalue weighted by Gasteiger charge is 2.22. The number of hydrogen-bond acceptors (Lipinski definition) is 6. The molecule has 3 amide bonds. The summed E-state index contributed by atoms with van der Waals surface area (Å²) in [6.07, 6.45) is 1.36. The summed E-state index contributed by atoms with van der Waals surface area (Å²) in [4.78, 5) is 45.9. The summed E-state index contributed by atoms with van der Waals surface area (Å²) in [6.45, 7) is 13.4. The first-order chi connectivity index (χ1) is 22.1. The Morgan fingerprint density at radius 2 is 1.67 bits per heavy atom. The second-order valence-electron chi connectivity index (χ2n) is 12.0. The molecule has 0 aliphatic rings. The average Bonchev–Trinajstić information content (AvgIpc) is 3.06. The summed E-state index contributed by atoms with van der Waals surface area (Å²) in [5.74, 6) is 0.411. The molecule has 9 nitrogen and oxygen atoms in total. The van der Waals surface area contributed by atoms with Gasteiger partial charge in [-0.15, -0.1) is 0 Å². The molecule has 0 heterocycles. The molecule has 0 aromatic heterocycles. The second-order valence-corrected chi connectivity index (χ2v) is 12.0. The van der Waals surface area contributed by atoms with Crippen LogP contribution in [0.25, 0.3) is 11.1 Å². The van der Waals surface area contributed by atoms with E-state index in [-0.39, 0.29) is 23.8 Å². The molecule has 246 valence electrons. The Kier molecular flexibility index (Phi) is 14.0. The zero-order valence-electron chi connectivity index (χ0n) is 28.1. The maximum absolute atomic E-state index is 14.0. The molecular formula is C37H49N5O4. The molecule has 0 radical (unpaired) electrons. The summed E-state index contributed by atoms with van der Waals surface area (Å²) < 4.78 is 5.61. The maximum Gasteiger partial charge on any atom is 0.253 e. The van der Waals surface area contributed by atoms with Crippen molar-refractivity contribution in [1.29, 1.82) is 0 Å². The predicted octanol–water partition coefficient (Wildman–Crippen LogP) is 5.14. The molecular weight excluding hydrogens is 578 g/mol. The van der Waals surface area contributed by atoms with Gasteiger partial charge in [-0.25, -0.2) is 0 Å². The van der Waals surface area contributed by atoms with Crippen molar-refractivity contribution < 1.29 is 19.1 Å². The van der Waals surface area contributed by atoms with Crippen LogP contribution >= 0.6 is 0 Å². The topological polar surface area (TPSA) is 112 Å². The van der Waals surface area contributed by atoms with Crippen molar-refractivity contribution in [2.45, 2.75) is 59.2 Å². The normalized spacial score (nSPS) is 12.2. The number of carbonyl (C=O) groups is 3. The summed E-state index contributed by atoms with van der Waals surface area (Å²) in [7, 11) is 3.36. The number of ether oxygens (including phenoxy) is 1. The Morgan fingerprint density at radius 3 is 2.33 bits per heavy atom. The van der Waals surface area contributed by atoms with E-state index in [1.54, 1.807) is 31.2 Å². The Labute approximate surface area is 273 Å². The standard InChI is InChI=1S/C37H49N5O4/c1-8-17-42(6)37(45)30-20-28(32-15-12-16-34(46-7)33(32)24-38-5)19-29(21-30)36(44)41-31(18-27-13-10-9-11-14-27)23-39-26(4)35(43)40-22-25(2)3/h9-16,19-21,25-26,31,39H,5,8,17-18,22-24H2,1-4,6-7H3,(H,40,43)(H,41,44)/t26-,31-/m0/s1. The molecule has 2 atom stereocenters. The van der Waals surface area contributed by atoms with Crippen LogP contribution in [0.5, 0.6) is 5.75 Å². The van der Waals surface area contributed by atoms with Crippen LogP contribution < -0.4 is 20.7 Å². The second kappa shape index (κ2) is 17.8. The van der Waals surface area contributed by atoms with Gasteiger partial charge in [0.2, 0.25) is 5.91 Å². The van der Waals surface area contributed by atoms with E-state index >= 15 is 0 Å². The minimum atomic E-state index is -0.444. The lowest BCUT2D eigenvalue weighted by Crippen LogP contribution is -2.50. The molecule has 0 aliphatic carbocycles. The number of amides is 3. The monoisotopic (exact) mass is 627 g/mol. The Bertz CT molecular complexity index is 1470. The fraction of sp³-hybridized carbons (Fsp3) is 0.405. The van der Waals surface area contributed by atoms with E-state index < -0.39 is 6.04 Å². The van der Waals surface area contributed by atoms with Crippen molar-refractivity contribution in [3.05, 3.63) is 89.0 Å². The molecule has 0 unspecified atom stereocenters. The van der Waals surface area contributed by atoms with Gasteiger partial charge >= 0.3 is 0 Å². The summed E-state index contributed by atoms with van der Waals surface area (Å²) >= 11 is 0. The minimum Gasteiger partial charge on any atom is -0.496 e. The molecule has 9 heteroatoms. The Hall–Kier alpha value is -4.50. The third-order valence-corrected chi connectivity index (χ3v) is 7.69. The van der Waals surface area contributed by atoms with Crippen LogP contribution in [0.2, 0.25) is 0 Å². The first kappa shape index (κ1) is 36.0. The molecule has 0 bridgehead atoms. The van der Waals surface area contributed by atoms with E-state index in [2.05, 4.69) is 27.7 Å². The fourth-order valence-corrected chi connectivity index (χ4v) is 5.21. The van der Waals surface area contributed by atoms with E-state index in [0.29, 0.717) is 61.0 Å². The van der Waals surface area contributed by atoms with Gasteiger partial charge in [-0.1, -0.05) is 63.2 Å². The SMILES string of the molecule is C=NCc1c(OC)cccc1-c1cc(C(=O)N[C@H](CN[C@@H](C)C(=O)NCC(C)C)Cc2ccccc2)cc(C(=O)N(C)CCC)c1. The average molecular weight is 628 g/mol. The van der Waals surface area contributed by atoms with E-state index in [9.17, 15) is 14.4 Å². The Morgan fingerprint density at radius 1 is 0.957 bits per heavy atom. The number of nitrogens with zero attached hydrogens (tertiary/aromatic N) is 2. The lowest BCUT2D eigenvalue weighted by Gasteiger charge is -2.23. The van der Waals surface area contributed by atoms with E-state index in [1.165, 1.54) is 0 Å². The van der Waals surface area contributed by atoms with Crippen LogP contribution in [0.4, 0.5) is 0 Å². The van der Waals surface area contributed by atoms with Crippen LogP contribution in [-0.2, 0) is 17.8 Å². The highest BCUT2D eigenvalue weighted by Crippen LogP contribution is 2.33. The van der Waals surface area contributed by atoms with Gasteiger partial charge in [-0.2, -0.15) is 0 Å². The number of rotatable bonds is 17. The van der Waals surface area contributed by atoms with Gasteiger partial charge in [-0.3, -0.25) is 19.4 Å². The molecule has 0 spiro atoms. The summed E-state index contributed by atoms with van der Waals surface area (Å²) in [5, 5.41) is 9.43. The number of methoxy groups -OCH3 is 1. The predicted molar refractivity (Wildman–Crippen MR) is 186 cm³/mol. The third kappa shape index (κ3) is 10.3. The molecule has 0 saturated heterocycles. The fourth-order valence-electron chi connectivity index (χ4n) is 5.21. The molecule has 3 N–H and O–H groups in total. The zero-order chi connectivity index (χ0) is 33.6. The lowest BCUT2D eigenvalue weighted by atomic mass is 9.94. The minimum absolute atomic E-state index is 0.0892. The van der Waals surface area contributed by atoms with E-state index in [4.69, 9.17) is 4.74 Å². The molecule has 3 aromatic rings. The van der Waals surface area contributed by atoms with Crippen LogP contribution in [0.15, 0.2) is 71.7 Å². The van der Waals surface area contributed by atoms with Crippen molar-refractivity contribution in [3.8, 4) is 16.9 Å². The number of aliphatic imine (C=N–C) groups is 1. The van der Waals surface area contributed by atoms with Gasteiger partial charge in [0.05, 0.1) is 19.7 Å². The highest BCUT2D eigenvalue weighted by molar-refractivity contribution is 6.01. The van der Waals surface area contributed by atoms with Crippen molar-refractivity contribution >= 4 is 24.4 Å². The van der Waals surface area contributed by atoms with E-state index in [0.717, 1.165) is 23.1 Å². The quantitative estimate of drug-likeness (QED) is 0.180.